The van der Waals surface area contributed by atoms with Gasteiger partial charge in [0.05, 0.1) is 0 Å². The molecule has 0 saturated carbocycles. The number of aryl methyl sites for hydroxylation is 1. The van der Waals surface area contributed by atoms with Gasteiger partial charge in [-0.05, 0) is 25.0 Å². The maximum absolute atomic E-state index is 11.3. The molecule has 0 bridgehead atoms. The quantitative estimate of drug-likeness (QED) is 0.734. The molecule has 0 heterocycles. The van der Waals surface area contributed by atoms with Crippen LogP contribution in [-0.4, -0.2) is 5.78 Å². The molecule has 2 aromatic carbocycles. The lowest BCUT2D eigenvalue weighted by Gasteiger charge is -2.26. The summed E-state index contributed by atoms with van der Waals surface area (Å²) in [4.78, 5) is 11.3. The zero-order valence-corrected chi connectivity index (χ0v) is 12.0. The molecule has 0 aromatic heterocycles. The first kappa shape index (κ1) is 13.5. The van der Waals surface area contributed by atoms with Gasteiger partial charge in [-0.15, -0.1) is 0 Å². The molecule has 1 nitrogen and oxygen atoms in total. The lowest BCUT2D eigenvalue weighted by Crippen LogP contribution is -2.18. The fourth-order valence-corrected chi connectivity index (χ4v) is 2.26. The highest BCUT2D eigenvalue weighted by atomic mass is 16.1. The molecule has 0 spiro atoms. The maximum Gasteiger partial charge on any atom is 0.159 e. The summed E-state index contributed by atoms with van der Waals surface area (Å²) in [6.45, 7) is 8.11. The molecule has 0 N–H and O–H groups in total. The number of Topliss-reactive ketones (excluding diaryl/α,β-unsaturated/α-hetero) is 1. The number of benzene rings is 2. The predicted molar refractivity (Wildman–Crippen MR) is 79.8 cm³/mol. The average Bonchev–Trinajstić information content (AvgIpc) is 2.39. The molecule has 0 amide bonds. The van der Waals surface area contributed by atoms with Gasteiger partial charge in [0, 0.05) is 11.0 Å². The van der Waals surface area contributed by atoms with Gasteiger partial charge in [-0.25, -0.2) is 0 Å². The van der Waals surface area contributed by atoms with E-state index in [4.69, 9.17) is 0 Å². The monoisotopic (exact) mass is 252 g/mol. The summed E-state index contributed by atoms with van der Waals surface area (Å²) in [5, 5.41) is 0. The molecule has 19 heavy (non-hydrogen) atoms. The van der Waals surface area contributed by atoms with Crippen LogP contribution in [0.5, 0.6) is 0 Å². The number of carbonyl (C=O) groups excluding carboxylic acids is 1. The number of ketones is 1. The highest BCUT2D eigenvalue weighted by Gasteiger charge is 2.22. The van der Waals surface area contributed by atoms with E-state index in [9.17, 15) is 4.79 Å². The zero-order valence-electron chi connectivity index (χ0n) is 12.0. The molecule has 2 rings (SSSR count). The van der Waals surface area contributed by atoms with Crippen molar-refractivity contribution in [2.75, 3.05) is 0 Å². The fourth-order valence-electron chi connectivity index (χ4n) is 2.26. The highest BCUT2D eigenvalue weighted by molar-refractivity contribution is 5.94. The topological polar surface area (TPSA) is 17.1 Å². The molecule has 1 heteroatoms. The number of hydrogen-bond donors (Lipinski definition) is 0. The Kier molecular flexibility index (Phi) is 3.57. The van der Waals surface area contributed by atoms with Crippen LogP contribution in [0.1, 0.15) is 47.8 Å². The van der Waals surface area contributed by atoms with Crippen LogP contribution in [0.15, 0.2) is 48.5 Å². The van der Waals surface area contributed by atoms with Gasteiger partial charge in [-0.3, -0.25) is 4.79 Å². The van der Waals surface area contributed by atoms with Crippen LogP contribution in [-0.2, 0) is 5.41 Å². The zero-order chi connectivity index (χ0) is 14.0. The van der Waals surface area contributed by atoms with Gasteiger partial charge in [0.25, 0.3) is 0 Å². The molecular formula is C18H20O. The third kappa shape index (κ3) is 2.76. The number of hydrogen-bond acceptors (Lipinski definition) is 1. The van der Waals surface area contributed by atoms with Crippen molar-refractivity contribution in [2.24, 2.45) is 0 Å². The lowest BCUT2D eigenvalue weighted by molar-refractivity contribution is 0.101. The summed E-state index contributed by atoms with van der Waals surface area (Å²) in [6.07, 6.45) is 0. The Morgan fingerprint density at radius 1 is 0.842 bits per heavy atom. The molecule has 0 aliphatic carbocycles. The number of rotatable bonds is 3. The SMILES string of the molecule is CC(=O)c1ccc(C(C)(C)c2ccc(C)cc2)cc1. The smallest absolute Gasteiger partial charge is 0.159 e. The van der Waals surface area contributed by atoms with Crippen LogP contribution >= 0.6 is 0 Å². The van der Waals surface area contributed by atoms with Crippen molar-refractivity contribution < 1.29 is 4.79 Å². The first-order valence-electron chi connectivity index (χ1n) is 6.60. The fraction of sp³-hybridized carbons (Fsp3) is 0.278. The molecular weight excluding hydrogens is 232 g/mol. The third-order valence-electron chi connectivity index (χ3n) is 3.79. The second-order valence-electron chi connectivity index (χ2n) is 5.62. The van der Waals surface area contributed by atoms with E-state index in [0.29, 0.717) is 0 Å². The van der Waals surface area contributed by atoms with Crippen molar-refractivity contribution in [3.63, 3.8) is 0 Å². The van der Waals surface area contributed by atoms with E-state index in [2.05, 4.69) is 57.2 Å². The molecule has 0 aliphatic rings. The summed E-state index contributed by atoms with van der Waals surface area (Å²) in [7, 11) is 0. The van der Waals surface area contributed by atoms with Crippen molar-refractivity contribution in [2.45, 2.75) is 33.1 Å². The van der Waals surface area contributed by atoms with Crippen molar-refractivity contribution in [1.82, 2.24) is 0 Å². The van der Waals surface area contributed by atoms with Crippen molar-refractivity contribution in [3.8, 4) is 0 Å². The summed E-state index contributed by atoms with van der Waals surface area (Å²) in [5.41, 5.74) is 4.49. The van der Waals surface area contributed by atoms with E-state index in [-0.39, 0.29) is 11.2 Å². The van der Waals surface area contributed by atoms with E-state index in [1.165, 1.54) is 16.7 Å². The van der Waals surface area contributed by atoms with Crippen molar-refractivity contribution in [3.05, 3.63) is 70.8 Å². The molecule has 0 saturated heterocycles. The minimum atomic E-state index is -0.0526. The predicted octanol–water partition coefficient (Wildman–Crippen LogP) is 4.52. The summed E-state index contributed by atoms with van der Waals surface area (Å²) < 4.78 is 0. The van der Waals surface area contributed by atoms with Crippen LogP contribution in [0, 0.1) is 6.92 Å². The van der Waals surface area contributed by atoms with Crippen molar-refractivity contribution in [1.29, 1.82) is 0 Å². The molecule has 0 fully saturated rings. The van der Waals surface area contributed by atoms with Crippen LogP contribution in [0.2, 0.25) is 0 Å². The van der Waals surface area contributed by atoms with Crippen molar-refractivity contribution >= 4 is 5.78 Å². The van der Waals surface area contributed by atoms with Crippen LogP contribution < -0.4 is 0 Å². The molecule has 0 aliphatic heterocycles. The Morgan fingerprint density at radius 3 is 1.68 bits per heavy atom. The van der Waals surface area contributed by atoms with Gasteiger partial charge in [-0.1, -0.05) is 67.9 Å². The highest BCUT2D eigenvalue weighted by Crippen LogP contribution is 2.31. The Balaban J connectivity index is 2.38. The molecule has 0 unspecified atom stereocenters. The van der Waals surface area contributed by atoms with E-state index in [1.807, 2.05) is 12.1 Å². The first-order valence-corrected chi connectivity index (χ1v) is 6.60. The first-order chi connectivity index (χ1) is 8.91. The Bertz CT molecular complexity index is 574. The van der Waals surface area contributed by atoms with Gasteiger partial charge in [-0.2, -0.15) is 0 Å². The molecule has 0 radical (unpaired) electrons. The maximum atomic E-state index is 11.3. The second-order valence-corrected chi connectivity index (χ2v) is 5.62. The average molecular weight is 252 g/mol. The van der Waals surface area contributed by atoms with Crippen LogP contribution in [0.25, 0.3) is 0 Å². The number of carbonyl (C=O) groups is 1. The normalized spacial score (nSPS) is 11.4. The van der Waals surface area contributed by atoms with Gasteiger partial charge < -0.3 is 0 Å². The van der Waals surface area contributed by atoms with Gasteiger partial charge in [0.2, 0.25) is 0 Å². The van der Waals surface area contributed by atoms with E-state index < -0.39 is 0 Å². The minimum absolute atomic E-state index is 0.0526. The van der Waals surface area contributed by atoms with E-state index >= 15 is 0 Å². The Labute approximate surface area is 115 Å². The van der Waals surface area contributed by atoms with Gasteiger partial charge in [0.15, 0.2) is 5.78 Å². The largest absolute Gasteiger partial charge is 0.295 e. The third-order valence-corrected chi connectivity index (χ3v) is 3.79. The molecule has 98 valence electrons. The van der Waals surface area contributed by atoms with Crippen LogP contribution in [0.3, 0.4) is 0 Å². The Hall–Kier alpha value is -1.89. The summed E-state index contributed by atoms with van der Waals surface area (Å²) in [6, 6.07) is 16.6. The summed E-state index contributed by atoms with van der Waals surface area (Å²) >= 11 is 0. The molecule has 2 aromatic rings. The molecule has 0 atom stereocenters. The minimum Gasteiger partial charge on any atom is -0.295 e. The van der Waals surface area contributed by atoms with Gasteiger partial charge >= 0.3 is 0 Å². The lowest BCUT2D eigenvalue weighted by atomic mass is 9.78. The van der Waals surface area contributed by atoms with Crippen LogP contribution in [0.4, 0.5) is 0 Å². The van der Waals surface area contributed by atoms with Gasteiger partial charge in [0.1, 0.15) is 0 Å². The second kappa shape index (κ2) is 5.00. The Morgan fingerprint density at radius 2 is 1.26 bits per heavy atom. The van der Waals surface area contributed by atoms with E-state index in [1.54, 1.807) is 6.92 Å². The summed E-state index contributed by atoms with van der Waals surface area (Å²) in [5.74, 6) is 0.111. The standard InChI is InChI=1S/C18H20O/c1-13-5-9-16(10-6-13)18(3,4)17-11-7-15(8-12-17)14(2)19/h5-12H,1-4H3. The van der Waals surface area contributed by atoms with E-state index in [0.717, 1.165) is 5.56 Å².